The molecular formula is C15H23N3O2S. The van der Waals surface area contributed by atoms with Crippen LogP contribution in [0, 0.1) is 0 Å². The molecule has 0 atom stereocenters. The SMILES string of the molecule is CCCCCCOc1ccc(/C=N/NC(N)=S)cc1OC. The molecule has 0 heterocycles. The van der Waals surface area contributed by atoms with Gasteiger partial charge in [-0.2, -0.15) is 5.10 Å². The highest BCUT2D eigenvalue weighted by atomic mass is 32.1. The van der Waals surface area contributed by atoms with Crippen molar-refractivity contribution < 1.29 is 9.47 Å². The fourth-order valence-electron chi connectivity index (χ4n) is 1.77. The molecule has 0 aliphatic rings. The lowest BCUT2D eigenvalue weighted by Crippen LogP contribution is -2.23. The standard InChI is InChI=1S/C15H23N3O2S/c1-3-4-5-6-9-20-13-8-7-12(10-14(13)19-2)11-17-18-15(16)21/h7-8,10-11H,3-6,9H2,1-2H3,(H3,16,18,21)/b17-11+. The molecule has 0 aromatic heterocycles. The highest BCUT2D eigenvalue weighted by molar-refractivity contribution is 7.80. The van der Waals surface area contributed by atoms with Crippen molar-refractivity contribution in [3.63, 3.8) is 0 Å². The number of nitrogens with zero attached hydrogens (tertiary/aromatic N) is 1. The van der Waals surface area contributed by atoms with Crippen LogP contribution in [0.15, 0.2) is 23.3 Å². The summed E-state index contributed by atoms with van der Waals surface area (Å²) >= 11 is 4.67. The number of hydrogen-bond donors (Lipinski definition) is 2. The fourth-order valence-corrected chi connectivity index (χ4v) is 1.82. The molecule has 0 saturated carbocycles. The van der Waals surface area contributed by atoms with E-state index in [0.717, 1.165) is 17.7 Å². The molecule has 0 aliphatic heterocycles. The smallest absolute Gasteiger partial charge is 0.184 e. The molecule has 0 aliphatic carbocycles. The molecule has 0 amide bonds. The van der Waals surface area contributed by atoms with Crippen molar-refractivity contribution >= 4 is 23.5 Å². The molecule has 0 fully saturated rings. The highest BCUT2D eigenvalue weighted by Crippen LogP contribution is 2.27. The molecule has 1 aromatic rings. The lowest BCUT2D eigenvalue weighted by molar-refractivity contribution is 0.285. The van der Waals surface area contributed by atoms with Crippen molar-refractivity contribution in [2.24, 2.45) is 10.8 Å². The summed E-state index contributed by atoms with van der Waals surface area (Å²) in [4.78, 5) is 0. The molecule has 1 aromatic carbocycles. The first-order valence-electron chi connectivity index (χ1n) is 7.06. The second-order valence-corrected chi connectivity index (χ2v) is 4.99. The first-order chi connectivity index (χ1) is 10.2. The molecule has 116 valence electrons. The van der Waals surface area contributed by atoms with Gasteiger partial charge in [-0.1, -0.05) is 26.2 Å². The number of hydrogen-bond acceptors (Lipinski definition) is 4. The summed E-state index contributed by atoms with van der Waals surface area (Å²) in [6, 6.07) is 5.63. The van der Waals surface area contributed by atoms with Gasteiger partial charge < -0.3 is 15.2 Å². The van der Waals surface area contributed by atoms with Crippen LogP contribution in [-0.2, 0) is 0 Å². The maximum Gasteiger partial charge on any atom is 0.184 e. The average molecular weight is 309 g/mol. The quantitative estimate of drug-likeness (QED) is 0.318. The van der Waals surface area contributed by atoms with E-state index in [1.807, 2.05) is 18.2 Å². The van der Waals surface area contributed by atoms with E-state index in [2.05, 4.69) is 29.7 Å². The van der Waals surface area contributed by atoms with Crippen molar-refractivity contribution in [3.8, 4) is 11.5 Å². The van der Waals surface area contributed by atoms with Gasteiger partial charge in [-0.25, -0.2) is 0 Å². The lowest BCUT2D eigenvalue weighted by Gasteiger charge is -2.11. The topological polar surface area (TPSA) is 68.9 Å². The van der Waals surface area contributed by atoms with Crippen LogP contribution in [-0.4, -0.2) is 25.0 Å². The van der Waals surface area contributed by atoms with Crippen LogP contribution >= 0.6 is 12.2 Å². The molecule has 1 rings (SSSR count). The van der Waals surface area contributed by atoms with Gasteiger partial charge in [0.25, 0.3) is 0 Å². The summed E-state index contributed by atoms with van der Waals surface area (Å²) < 4.78 is 11.1. The minimum absolute atomic E-state index is 0.130. The van der Waals surface area contributed by atoms with Gasteiger partial charge in [0.2, 0.25) is 0 Å². The van der Waals surface area contributed by atoms with Crippen LogP contribution in [0.2, 0.25) is 0 Å². The van der Waals surface area contributed by atoms with Gasteiger partial charge >= 0.3 is 0 Å². The Morgan fingerprint density at radius 1 is 1.33 bits per heavy atom. The zero-order valence-electron chi connectivity index (χ0n) is 12.6. The molecular weight excluding hydrogens is 286 g/mol. The first kappa shape index (κ1) is 17.2. The Hall–Kier alpha value is -1.82. The van der Waals surface area contributed by atoms with E-state index in [-0.39, 0.29) is 5.11 Å². The number of unbranched alkanes of at least 4 members (excludes halogenated alkanes) is 3. The van der Waals surface area contributed by atoms with Crippen LogP contribution in [0.4, 0.5) is 0 Å². The second-order valence-electron chi connectivity index (χ2n) is 4.55. The Bertz CT molecular complexity index is 478. The zero-order chi connectivity index (χ0) is 15.5. The maximum absolute atomic E-state index is 5.75. The molecule has 6 heteroatoms. The predicted octanol–water partition coefficient (Wildman–Crippen LogP) is 2.82. The second kappa shape index (κ2) is 9.99. The van der Waals surface area contributed by atoms with E-state index in [4.69, 9.17) is 15.2 Å². The van der Waals surface area contributed by atoms with Crippen molar-refractivity contribution in [1.29, 1.82) is 0 Å². The lowest BCUT2D eigenvalue weighted by atomic mass is 10.2. The maximum atomic E-state index is 5.75. The molecule has 0 unspecified atom stereocenters. The van der Waals surface area contributed by atoms with Gasteiger partial charge in [-0.15, -0.1) is 0 Å². The van der Waals surface area contributed by atoms with Gasteiger partial charge in [-0.05, 0) is 42.4 Å². The van der Waals surface area contributed by atoms with Gasteiger partial charge in [0.1, 0.15) is 0 Å². The van der Waals surface area contributed by atoms with Crippen LogP contribution < -0.4 is 20.6 Å². The zero-order valence-corrected chi connectivity index (χ0v) is 13.4. The van der Waals surface area contributed by atoms with Crippen LogP contribution in [0.25, 0.3) is 0 Å². The average Bonchev–Trinajstić information content (AvgIpc) is 2.47. The van der Waals surface area contributed by atoms with E-state index in [1.54, 1.807) is 13.3 Å². The number of rotatable bonds is 9. The van der Waals surface area contributed by atoms with Crippen molar-refractivity contribution in [2.75, 3.05) is 13.7 Å². The summed E-state index contributed by atoms with van der Waals surface area (Å²) in [5, 5.41) is 4.03. The number of ether oxygens (including phenoxy) is 2. The third-order valence-electron chi connectivity index (χ3n) is 2.83. The monoisotopic (exact) mass is 309 g/mol. The Kier molecular flexibility index (Phi) is 8.19. The molecule has 0 spiro atoms. The number of nitrogens with one attached hydrogen (secondary N) is 1. The third-order valence-corrected chi connectivity index (χ3v) is 2.92. The van der Waals surface area contributed by atoms with Crippen LogP contribution in [0.5, 0.6) is 11.5 Å². The Morgan fingerprint density at radius 3 is 2.81 bits per heavy atom. The van der Waals surface area contributed by atoms with Gasteiger partial charge in [0, 0.05) is 0 Å². The van der Waals surface area contributed by atoms with E-state index in [0.29, 0.717) is 12.4 Å². The minimum atomic E-state index is 0.130. The molecule has 21 heavy (non-hydrogen) atoms. The minimum Gasteiger partial charge on any atom is -0.493 e. The predicted molar refractivity (Wildman–Crippen MR) is 90.1 cm³/mol. The van der Waals surface area contributed by atoms with Crippen molar-refractivity contribution in [1.82, 2.24) is 5.43 Å². The summed E-state index contributed by atoms with van der Waals surface area (Å²) in [5.74, 6) is 1.43. The molecule has 3 N–H and O–H groups in total. The largest absolute Gasteiger partial charge is 0.493 e. The van der Waals surface area contributed by atoms with Crippen molar-refractivity contribution in [2.45, 2.75) is 32.6 Å². The third kappa shape index (κ3) is 6.94. The fraction of sp³-hybridized carbons (Fsp3) is 0.467. The number of hydrazone groups is 1. The van der Waals surface area contributed by atoms with E-state index >= 15 is 0 Å². The molecule has 5 nitrogen and oxygen atoms in total. The number of methoxy groups -OCH3 is 1. The Morgan fingerprint density at radius 2 is 2.14 bits per heavy atom. The van der Waals surface area contributed by atoms with E-state index in [1.165, 1.54) is 19.3 Å². The van der Waals surface area contributed by atoms with Crippen molar-refractivity contribution in [3.05, 3.63) is 23.8 Å². The molecule has 0 saturated heterocycles. The van der Waals surface area contributed by atoms with E-state index < -0.39 is 0 Å². The Balaban J connectivity index is 2.57. The highest BCUT2D eigenvalue weighted by Gasteiger charge is 2.04. The first-order valence-corrected chi connectivity index (χ1v) is 7.47. The van der Waals surface area contributed by atoms with Gasteiger partial charge in [0.15, 0.2) is 16.6 Å². The summed E-state index contributed by atoms with van der Waals surface area (Å²) in [7, 11) is 1.62. The summed E-state index contributed by atoms with van der Waals surface area (Å²) in [6.45, 7) is 2.89. The number of thiocarbonyl (C=S) groups is 1. The van der Waals surface area contributed by atoms with Gasteiger partial charge in [0.05, 0.1) is 19.9 Å². The Labute approximate surface area is 131 Å². The number of nitrogens with two attached hydrogens (primary N) is 1. The van der Waals surface area contributed by atoms with Crippen LogP contribution in [0.3, 0.4) is 0 Å². The number of benzene rings is 1. The molecule has 0 bridgehead atoms. The van der Waals surface area contributed by atoms with E-state index in [9.17, 15) is 0 Å². The van der Waals surface area contributed by atoms with Crippen LogP contribution in [0.1, 0.15) is 38.2 Å². The summed E-state index contributed by atoms with van der Waals surface area (Å²) in [5.41, 5.74) is 8.66. The molecule has 0 radical (unpaired) electrons. The normalized spacial score (nSPS) is 10.6. The summed E-state index contributed by atoms with van der Waals surface area (Å²) in [6.07, 6.45) is 6.32. The van der Waals surface area contributed by atoms with Gasteiger partial charge in [-0.3, -0.25) is 5.43 Å².